The van der Waals surface area contributed by atoms with E-state index in [1.54, 1.807) is 6.07 Å². The number of hydrogen-bond acceptors (Lipinski definition) is 6. The van der Waals surface area contributed by atoms with Crippen LogP contribution in [0.5, 0.6) is 0 Å². The molecule has 7 nitrogen and oxygen atoms in total. The van der Waals surface area contributed by atoms with E-state index >= 15 is 4.39 Å². The van der Waals surface area contributed by atoms with Crippen LogP contribution in [0.4, 0.5) is 23.4 Å². The molecule has 3 aromatic rings. The van der Waals surface area contributed by atoms with Gasteiger partial charge in [0, 0.05) is 21.5 Å². The number of nitrogen functional groups attached to an aromatic ring is 1. The maximum absolute atomic E-state index is 15.1. The lowest BCUT2D eigenvalue weighted by molar-refractivity contribution is -0.136. The van der Waals surface area contributed by atoms with Crippen LogP contribution in [-0.4, -0.2) is 44.7 Å². The van der Waals surface area contributed by atoms with Crippen LogP contribution >= 0.6 is 22.6 Å². The second-order valence-electron chi connectivity index (χ2n) is 8.89. The molecule has 1 aromatic heterocycles. The second-order valence-corrected chi connectivity index (χ2v) is 10.1. The summed E-state index contributed by atoms with van der Waals surface area (Å²) in [4.78, 5) is 12.6. The summed E-state index contributed by atoms with van der Waals surface area (Å²) in [7, 11) is 0. The molecule has 1 heterocycles. The van der Waals surface area contributed by atoms with Crippen LogP contribution in [0.3, 0.4) is 0 Å². The zero-order valence-electron chi connectivity index (χ0n) is 19.4. The Kier molecular flexibility index (Phi) is 7.99. The summed E-state index contributed by atoms with van der Waals surface area (Å²) in [5.74, 6) is -5.37. The molecule has 196 valence electrons. The molecule has 6 N–H and O–H groups in total. The third kappa shape index (κ3) is 6.02. The lowest BCUT2D eigenvalue weighted by Gasteiger charge is -2.32. The highest BCUT2D eigenvalue weighted by Gasteiger charge is 2.45. The average Bonchev–Trinajstić information content (AvgIpc) is 2.83. The first-order valence-corrected chi connectivity index (χ1v) is 12.4. The van der Waals surface area contributed by atoms with E-state index in [0.717, 1.165) is 6.07 Å². The number of benzene rings is 2. The van der Waals surface area contributed by atoms with E-state index in [1.165, 1.54) is 30.5 Å². The van der Waals surface area contributed by atoms with Gasteiger partial charge in [0.1, 0.15) is 41.1 Å². The van der Waals surface area contributed by atoms with Crippen molar-refractivity contribution in [3.05, 3.63) is 74.6 Å². The number of aliphatic hydroxyl groups is 2. The van der Waals surface area contributed by atoms with Gasteiger partial charge in [0.15, 0.2) is 0 Å². The van der Waals surface area contributed by atoms with Crippen LogP contribution in [0.15, 0.2) is 47.6 Å². The third-order valence-electron chi connectivity index (χ3n) is 6.29. The molecule has 0 spiro atoms. The third-order valence-corrected chi connectivity index (χ3v) is 6.91. The maximum Gasteiger partial charge on any atom is 0.274 e. The molecule has 0 aliphatic heterocycles. The summed E-state index contributed by atoms with van der Waals surface area (Å²) < 4.78 is 57.6. The van der Waals surface area contributed by atoms with E-state index in [2.05, 4.69) is 15.0 Å². The molecule has 4 rings (SSSR count). The Balaban J connectivity index is 1.62. The van der Waals surface area contributed by atoms with Crippen molar-refractivity contribution in [1.29, 1.82) is 0 Å². The molecule has 0 bridgehead atoms. The Labute approximate surface area is 223 Å². The van der Waals surface area contributed by atoms with Crippen molar-refractivity contribution >= 4 is 34.2 Å². The van der Waals surface area contributed by atoms with E-state index in [0.29, 0.717) is 15.6 Å². The maximum atomic E-state index is 15.1. The number of amidine groups is 1. The number of nitrogens with zero attached hydrogens (tertiary/aromatic N) is 3. The lowest BCUT2D eigenvalue weighted by atomic mass is 9.83. The summed E-state index contributed by atoms with van der Waals surface area (Å²) in [6.07, 6.45) is -0.748. The number of nitrogens with two attached hydrogens (primary N) is 2. The minimum Gasteiger partial charge on any atom is -0.394 e. The lowest BCUT2D eigenvalue weighted by Crippen LogP contribution is -2.39. The van der Waals surface area contributed by atoms with Crippen molar-refractivity contribution in [2.24, 2.45) is 10.7 Å². The zero-order chi connectivity index (χ0) is 26.9. The molecule has 0 radical (unpaired) electrons. The van der Waals surface area contributed by atoms with E-state index in [-0.39, 0.29) is 40.6 Å². The number of aromatic nitrogens is 2. The van der Waals surface area contributed by atoms with Crippen LogP contribution in [0.1, 0.15) is 48.0 Å². The standard InChI is InChI=1S/C25H24F4IN5O2/c26-15-5-14(6-16(30)8-15)20(11-36)35-23(31)17-3-1-12(7-18(17)27)22-24(32)33-10-19(34-22)13-2-4-21(37)25(28,29)9-13/h1,3,5-8,10,13,20-21,36-37H,2,4,9,11H2,(H2,31,35)(H2,32,33)/t13?,20-,21?/m1/s1. The van der Waals surface area contributed by atoms with Crippen molar-refractivity contribution in [3.63, 3.8) is 0 Å². The molecule has 0 amide bonds. The van der Waals surface area contributed by atoms with Crippen LogP contribution in [0.2, 0.25) is 0 Å². The Morgan fingerprint density at radius 1 is 1.19 bits per heavy atom. The van der Waals surface area contributed by atoms with E-state index < -0.39 is 48.6 Å². The smallest absolute Gasteiger partial charge is 0.274 e. The molecule has 1 aliphatic rings. The number of rotatable bonds is 6. The molecule has 37 heavy (non-hydrogen) atoms. The van der Waals surface area contributed by atoms with E-state index in [9.17, 15) is 23.4 Å². The van der Waals surface area contributed by atoms with Gasteiger partial charge >= 0.3 is 0 Å². The van der Waals surface area contributed by atoms with Gasteiger partial charge in [-0.2, -0.15) is 0 Å². The molecular weight excluding hydrogens is 605 g/mol. The normalized spacial score (nSPS) is 20.6. The fourth-order valence-corrected chi connectivity index (χ4v) is 4.96. The van der Waals surface area contributed by atoms with Crippen molar-refractivity contribution in [1.82, 2.24) is 9.97 Å². The predicted octanol–water partition coefficient (Wildman–Crippen LogP) is 4.31. The molecule has 1 fully saturated rings. The van der Waals surface area contributed by atoms with E-state index in [1.807, 2.05) is 22.6 Å². The molecular formula is C25H24F4IN5O2. The summed E-state index contributed by atoms with van der Waals surface area (Å²) in [6, 6.07) is 7.23. The number of halogens is 5. The summed E-state index contributed by atoms with van der Waals surface area (Å²) in [5.41, 5.74) is 12.9. The number of anilines is 1. The Bertz CT molecular complexity index is 1320. The number of aliphatic hydroxyl groups excluding tert-OH is 2. The van der Waals surface area contributed by atoms with Crippen molar-refractivity contribution < 1.29 is 27.8 Å². The number of aliphatic imine (C=N–C) groups is 1. The first-order chi connectivity index (χ1) is 17.5. The van der Waals surface area contributed by atoms with Crippen molar-refractivity contribution in [2.75, 3.05) is 12.3 Å². The summed E-state index contributed by atoms with van der Waals surface area (Å²) in [6.45, 7) is -0.476. The summed E-state index contributed by atoms with van der Waals surface area (Å²) >= 11 is 1.93. The molecule has 1 saturated carbocycles. The highest BCUT2D eigenvalue weighted by molar-refractivity contribution is 14.1. The second kappa shape index (κ2) is 10.9. The monoisotopic (exact) mass is 629 g/mol. The fraction of sp³-hybridized carbons (Fsp3) is 0.320. The molecule has 1 aliphatic carbocycles. The Morgan fingerprint density at radius 3 is 2.59 bits per heavy atom. The van der Waals surface area contributed by atoms with Crippen LogP contribution < -0.4 is 11.5 Å². The fourth-order valence-electron chi connectivity index (χ4n) is 4.31. The number of alkyl halides is 2. The SMILES string of the molecule is NC(=N[C@H](CO)c1cc(F)cc(I)c1)c1ccc(-c2nc(C3CCC(O)C(F)(F)C3)cnc2N)cc1F. The molecule has 2 unspecified atom stereocenters. The zero-order valence-corrected chi connectivity index (χ0v) is 21.5. The minimum absolute atomic E-state index is 0.0128. The van der Waals surface area contributed by atoms with Gasteiger partial charge in [-0.25, -0.2) is 27.5 Å². The van der Waals surface area contributed by atoms with Gasteiger partial charge in [-0.05, 0) is 71.3 Å². The van der Waals surface area contributed by atoms with Crippen LogP contribution in [0.25, 0.3) is 11.3 Å². The highest BCUT2D eigenvalue weighted by Crippen LogP contribution is 2.42. The minimum atomic E-state index is -3.24. The molecule has 0 saturated heterocycles. The van der Waals surface area contributed by atoms with Gasteiger partial charge in [-0.3, -0.25) is 4.99 Å². The highest BCUT2D eigenvalue weighted by atomic mass is 127. The quantitative estimate of drug-likeness (QED) is 0.139. The average molecular weight is 629 g/mol. The largest absolute Gasteiger partial charge is 0.394 e. The van der Waals surface area contributed by atoms with Crippen molar-refractivity contribution in [2.45, 2.75) is 43.2 Å². The molecule has 2 aromatic carbocycles. The van der Waals surface area contributed by atoms with Gasteiger partial charge in [0.2, 0.25) is 0 Å². The van der Waals surface area contributed by atoms with Crippen LogP contribution in [0, 0.1) is 15.2 Å². The van der Waals surface area contributed by atoms with Gasteiger partial charge in [0.25, 0.3) is 5.92 Å². The summed E-state index contributed by atoms with van der Waals surface area (Å²) in [5, 5.41) is 19.3. The van der Waals surface area contributed by atoms with Gasteiger partial charge in [-0.15, -0.1) is 0 Å². The predicted molar refractivity (Wildman–Crippen MR) is 139 cm³/mol. The van der Waals surface area contributed by atoms with E-state index in [4.69, 9.17) is 11.5 Å². The van der Waals surface area contributed by atoms with Gasteiger partial charge < -0.3 is 21.7 Å². The Morgan fingerprint density at radius 2 is 1.95 bits per heavy atom. The Hall–Kier alpha value is -2.84. The van der Waals surface area contributed by atoms with Crippen LogP contribution in [-0.2, 0) is 0 Å². The molecule has 12 heteroatoms. The van der Waals surface area contributed by atoms with Gasteiger partial charge in [-0.1, -0.05) is 6.07 Å². The van der Waals surface area contributed by atoms with Gasteiger partial charge in [0.05, 0.1) is 24.1 Å². The topological polar surface area (TPSA) is 131 Å². The first-order valence-electron chi connectivity index (χ1n) is 11.4. The first kappa shape index (κ1) is 27.2. The number of hydrogen-bond donors (Lipinski definition) is 4. The molecule has 3 atom stereocenters. The van der Waals surface area contributed by atoms with Crippen molar-refractivity contribution in [3.8, 4) is 11.3 Å².